The average Bonchev–Trinajstić information content (AvgIpc) is 2.65. The van der Waals surface area contributed by atoms with E-state index in [4.69, 9.17) is 4.74 Å². The van der Waals surface area contributed by atoms with Crippen molar-refractivity contribution in [3.05, 3.63) is 10.6 Å². The van der Waals surface area contributed by atoms with E-state index >= 15 is 0 Å². The molecule has 0 aliphatic carbocycles. The zero-order chi connectivity index (χ0) is 9.97. The average molecular weight is 324 g/mol. The Kier molecular flexibility index (Phi) is 3.73. The third kappa shape index (κ3) is 2.25. The van der Waals surface area contributed by atoms with E-state index in [2.05, 4.69) is 32.2 Å². The van der Waals surface area contributed by atoms with Crippen LogP contribution in [0.25, 0.3) is 0 Å². The zero-order valence-corrected chi connectivity index (χ0v) is 11.0. The first-order valence-corrected chi connectivity index (χ1v) is 7.11. The van der Waals surface area contributed by atoms with E-state index in [1.54, 1.807) is 0 Å². The molecule has 0 spiro atoms. The number of rotatable bonds is 2. The molecule has 1 fully saturated rings. The highest BCUT2D eigenvalue weighted by Gasteiger charge is 2.25. The van der Waals surface area contributed by atoms with Crippen molar-refractivity contribution in [3.8, 4) is 0 Å². The summed E-state index contributed by atoms with van der Waals surface area (Å²) in [6.07, 6.45) is 4.26. The number of alkyl halides is 1. The summed E-state index contributed by atoms with van der Waals surface area (Å²) in [5.41, 5.74) is 1.04. The molecule has 14 heavy (non-hydrogen) atoms. The molecule has 3 nitrogen and oxygen atoms in total. The topological polar surface area (TPSA) is 35.0 Å². The Labute approximate surface area is 102 Å². The van der Waals surface area contributed by atoms with Crippen LogP contribution in [0.3, 0.4) is 0 Å². The third-order valence-corrected chi connectivity index (χ3v) is 4.40. The maximum absolute atomic E-state index is 5.98. The molecule has 0 saturated carbocycles. The molecular weight excluding hydrogens is 311 g/mol. The van der Waals surface area contributed by atoms with E-state index in [1.807, 2.05) is 6.92 Å². The van der Waals surface area contributed by atoms with E-state index in [-0.39, 0.29) is 6.10 Å². The third-order valence-electron chi connectivity index (χ3n) is 2.50. The van der Waals surface area contributed by atoms with Gasteiger partial charge in [0, 0.05) is 4.43 Å². The number of halogens is 1. The molecule has 0 aromatic carbocycles. The summed E-state index contributed by atoms with van der Waals surface area (Å²) < 4.78 is 11.0. The summed E-state index contributed by atoms with van der Waals surface area (Å²) >= 11 is 3.87. The second kappa shape index (κ2) is 4.85. The molecule has 2 rings (SSSR count). The molecule has 1 saturated heterocycles. The molecule has 2 unspecified atom stereocenters. The summed E-state index contributed by atoms with van der Waals surface area (Å²) in [5, 5.41) is 4.03. The minimum atomic E-state index is 0.253. The van der Waals surface area contributed by atoms with Crippen molar-refractivity contribution < 1.29 is 4.74 Å². The normalized spacial score (nSPS) is 27.9. The smallest absolute Gasteiger partial charge is 0.0955 e. The van der Waals surface area contributed by atoms with Crippen LogP contribution in [0.5, 0.6) is 0 Å². The quantitative estimate of drug-likeness (QED) is 0.620. The number of hydrogen-bond acceptors (Lipinski definition) is 4. The Morgan fingerprint density at radius 1 is 1.57 bits per heavy atom. The molecule has 1 aromatic rings. The molecule has 0 radical (unpaired) electrons. The highest BCUT2D eigenvalue weighted by Crippen LogP contribution is 2.34. The van der Waals surface area contributed by atoms with E-state index in [0.29, 0.717) is 6.10 Å². The molecule has 0 bridgehead atoms. The largest absolute Gasteiger partial charge is 0.369 e. The standard InChI is InChI=1S/C9H13IN2OS/c1-6-9(14-12-11-6)8-4-2-3-7(5-10)13-8/h7-8H,2-5H2,1H3. The van der Waals surface area contributed by atoms with Gasteiger partial charge in [-0.3, -0.25) is 0 Å². The van der Waals surface area contributed by atoms with Gasteiger partial charge >= 0.3 is 0 Å². The lowest BCUT2D eigenvalue weighted by Gasteiger charge is -2.28. The van der Waals surface area contributed by atoms with Gasteiger partial charge in [0.05, 0.1) is 22.8 Å². The van der Waals surface area contributed by atoms with Crippen molar-refractivity contribution in [2.24, 2.45) is 0 Å². The van der Waals surface area contributed by atoms with E-state index in [1.165, 1.54) is 29.3 Å². The van der Waals surface area contributed by atoms with Gasteiger partial charge in [-0.15, -0.1) is 5.10 Å². The van der Waals surface area contributed by atoms with Crippen molar-refractivity contribution in [1.82, 2.24) is 9.59 Å². The highest BCUT2D eigenvalue weighted by molar-refractivity contribution is 14.1. The summed E-state index contributed by atoms with van der Waals surface area (Å²) in [7, 11) is 0. The van der Waals surface area contributed by atoms with Gasteiger partial charge in [0.2, 0.25) is 0 Å². The molecule has 1 aromatic heterocycles. The second-order valence-corrected chi connectivity index (χ2v) is 5.22. The van der Waals surface area contributed by atoms with Gasteiger partial charge in [-0.05, 0) is 37.7 Å². The predicted molar refractivity (Wildman–Crippen MR) is 65.0 cm³/mol. The lowest BCUT2D eigenvalue weighted by atomic mass is 10.0. The Morgan fingerprint density at radius 2 is 2.43 bits per heavy atom. The Morgan fingerprint density at radius 3 is 3.07 bits per heavy atom. The lowest BCUT2D eigenvalue weighted by molar-refractivity contribution is -0.0360. The highest BCUT2D eigenvalue weighted by atomic mass is 127. The van der Waals surface area contributed by atoms with Crippen LogP contribution in [0, 0.1) is 6.92 Å². The number of nitrogens with zero attached hydrogens (tertiary/aromatic N) is 2. The van der Waals surface area contributed by atoms with Gasteiger partial charge in [0.25, 0.3) is 0 Å². The summed E-state index contributed by atoms with van der Waals surface area (Å²) in [6, 6.07) is 0. The van der Waals surface area contributed by atoms with Gasteiger partial charge in [0.1, 0.15) is 0 Å². The zero-order valence-electron chi connectivity index (χ0n) is 8.07. The molecular formula is C9H13IN2OS. The number of hydrogen-bond donors (Lipinski definition) is 0. The van der Waals surface area contributed by atoms with Crippen molar-refractivity contribution in [2.75, 3.05) is 4.43 Å². The first kappa shape index (κ1) is 10.8. The summed E-state index contributed by atoms with van der Waals surface area (Å²) in [5.74, 6) is 0. The van der Waals surface area contributed by atoms with Gasteiger partial charge in [0.15, 0.2) is 0 Å². The van der Waals surface area contributed by atoms with Gasteiger partial charge in [-0.25, -0.2) is 0 Å². The van der Waals surface area contributed by atoms with Crippen LogP contribution in [-0.2, 0) is 4.74 Å². The van der Waals surface area contributed by atoms with Crippen LogP contribution >= 0.6 is 34.1 Å². The predicted octanol–water partition coefficient (Wildman–Crippen LogP) is 2.89. The van der Waals surface area contributed by atoms with E-state index < -0.39 is 0 Å². The molecule has 0 amide bonds. The fourth-order valence-corrected chi connectivity index (χ4v) is 3.10. The van der Waals surface area contributed by atoms with Crippen LogP contribution in [-0.4, -0.2) is 20.1 Å². The van der Waals surface area contributed by atoms with Crippen LogP contribution in [0.1, 0.15) is 35.9 Å². The molecule has 78 valence electrons. The lowest BCUT2D eigenvalue weighted by Crippen LogP contribution is -2.23. The summed E-state index contributed by atoms with van der Waals surface area (Å²) in [4.78, 5) is 1.22. The van der Waals surface area contributed by atoms with Crippen molar-refractivity contribution in [2.45, 2.75) is 38.4 Å². The molecule has 2 atom stereocenters. The van der Waals surface area contributed by atoms with Crippen molar-refractivity contribution >= 4 is 34.1 Å². The fourth-order valence-electron chi connectivity index (χ4n) is 1.74. The van der Waals surface area contributed by atoms with Gasteiger partial charge in [-0.1, -0.05) is 27.1 Å². The van der Waals surface area contributed by atoms with Crippen LogP contribution in [0.15, 0.2) is 0 Å². The van der Waals surface area contributed by atoms with Crippen LogP contribution in [0.2, 0.25) is 0 Å². The second-order valence-electron chi connectivity index (χ2n) is 3.55. The van der Waals surface area contributed by atoms with Crippen molar-refractivity contribution in [1.29, 1.82) is 0 Å². The van der Waals surface area contributed by atoms with Crippen LogP contribution in [0.4, 0.5) is 0 Å². The Hall–Kier alpha value is 0.250. The van der Waals surface area contributed by atoms with Gasteiger partial charge < -0.3 is 4.74 Å². The molecule has 1 aliphatic heterocycles. The summed E-state index contributed by atoms with van der Waals surface area (Å²) in [6.45, 7) is 2.01. The minimum absolute atomic E-state index is 0.253. The van der Waals surface area contributed by atoms with Gasteiger partial charge in [-0.2, -0.15) is 0 Å². The van der Waals surface area contributed by atoms with Crippen molar-refractivity contribution in [3.63, 3.8) is 0 Å². The first-order valence-electron chi connectivity index (χ1n) is 4.81. The maximum Gasteiger partial charge on any atom is 0.0955 e. The number of aryl methyl sites for hydroxylation is 1. The van der Waals surface area contributed by atoms with E-state index in [0.717, 1.165) is 16.5 Å². The van der Waals surface area contributed by atoms with E-state index in [9.17, 15) is 0 Å². The Bertz CT molecular complexity index is 305. The first-order chi connectivity index (χ1) is 6.81. The molecule has 0 N–H and O–H groups in total. The fraction of sp³-hybridized carbons (Fsp3) is 0.778. The van der Waals surface area contributed by atoms with Crippen LogP contribution < -0.4 is 0 Å². The Balaban J connectivity index is 2.08. The monoisotopic (exact) mass is 324 g/mol. The number of ether oxygens (including phenoxy) is 1. The SMILES string of the molecule is Cc1nnsc1C1CCCC(CI)O1. The number of aromatic nitrogens is 2. The molecule has 5 heteroatoms. The maximum atomic E-state index is 5.98. The molecule has 2 heterocycles. The minimum Gasteiger partial charge on any atom is -0.369 e. The molecule has 1 aliphatic rings.